The molecule has 0 bridgehead atoms. The van der Waals surface area contributed by atoms with Crippen LogP contribution in [-0.2, 0) is 4.79 Å². The van der Waals surface area contributed by atoms with E-state index in [1.807, 2.05) is 0 Å². The van der Waals surface area contributed by atoms with E-state index >= 15 is 0 Å². The first-order chi connectivity index (χ1) is 14.0. The molecule has 0 fully saturated rings. The molecule has 0 aliphatic carbocycles. The zero-order valence-corrected chi connectivity index (χ0v) is 15.6. The fourth-order valence-electron chi connectivity index (χ4n) is 2.79. The topological polar surface area (TPSA) is 70.7 Å². The summed E-state index contributed by atoms with van der Waals surface area (Å²) in [6.07, 6.45) is 3.11. The summed E-state index contributed by atoms with van der Waals surface area (Å²) in [7, 11) is 0. The van der Waals surface area contributed by atoms with Crippen LogP contribution in [0.2, 0.25) is 0 Å². The van der Waals surface area contributed by atoms with Gasteiger partial charge in [-0.1, -0.05) is 23.9 Å². The third-order valence-corrected chi connectivity index (χ3v) is 5.12. The molecule has 1 amide bonds. The molecular weight excluding hydrogens is 401 g/mol. The fraction of sp³-hybridized carbons (Fsp3) is 0.0500. The number of hydrogen-bond donors (Lipinski definition) is 2. The molecule has 0 aliphatic rings. The normalized spacial score (nSPS) is 11.0. The van der Waals surface area contributed by atoms with Crippen molar-refractivity contribution in [3.05, 3.63) is 72.4 Å². The minimum Gasteiger partial charge on any atom is -0.357 e. The van der Waals surface area contributed by atoms with Gasteiger partial charge in [0.15, 0.2) is 0 Å². The first kappa shape index (κ1) is 19.0. The molecule has 0 aliphatic heterocycles. The van der Waals surface area contributed by atoms with Crippen molar-refractivity contribution < 1.29 is 18.0 Å². The van der Waals surface area contributed by atoms with Crippen LogP contribution in [0.1, 0.15) is 0 Å². The van der Waals surface area contributed by atoms with Gasteiger partial charge in [0.05, 0.1) is 17.0 Å². The van der Waals surface area contributed by atoms with E-state index in [2.05, 4.69) is 20.3 Å². The lowest BCUT2D eigenvalue weighted by atomic mass is 10.1. The Balaban J connectivity index is 1.52. The van der Waals surface area contributed by atoms with Crippen molar-refractivity contribution >= 4 is 34.4 Å². The number of anilines is 1. The van der Waals surface area contributed by atoms with Gasteiger partial charge < -0.3 is 10.3 Å². The molecule has 0 saturated heterocycles. The number of hydrogen-bond acceptors (Lipinski definition) is 4. The van der Waals surface area contributed by atoms with Gasteiger partial charge in [-0.2, -0.15) is 0 Å². The summed E-state index contributed by atoms with van der Waals surface area (Å²) in [6, 6.07) is 8.85. The van der Waals surface area contributed by atoms with E-state index in [-0.39, 0.29) is 17.3 Å². The van der Waals surface area contributed by atoms with Crippen molar-refractivity contribution in [1.29, 1.82) is 0 Å². The summed E-state index contributed by atoms with van der Waals surface area (Å²) in [6.45, 7) is 0. The summed E-state index contributed by atoms with van der Waals surface area (Å²) >= 11 is 1.13. The molecule has 2 N–H and O–H groups in total. The third kappa shape index (κ3) is 4.09. The van der Waals surface area contributed by atoms with Crippen molar-refractivity contribution in [3.63, 3.8) is 0 Å². The van der Waals surface area contributed by atoms with Crippen LogP contribution in [0.15, 0.2) is 60.0 Å². The highest BCUT2D eigenvalue weighted by Gasteiger charge is 2.14. The molecule has 2 heterocycles. The number of thioether (sulfide) groups is 1. The Bertz CT molecular complexity index is 1190. The monoisotopic (exact) mass is 414 g/mol. The lowest BCUT2D eigenvalue weighted by Crippen LogP contribution is -2.15. The number of rotatable bonds is 5. The number of halogens is 3. The maximum Gasteiger partial charge on any atom is 0.234 e. The van der Waals surface area contributed by atoms with Gasteiger partial charge in [0, 0.05) is 17.8 Å². The number of carbonyl (C=O) groups excluding carboxylic acids is 1. The van der Waals surface area contributed by atoms with Crippen LogP contribution in [-0.4, -0.2) is 26.6 Å². The molecule has 0 atom stereocenters. The number of H-pyrrole nitrogens is 1. The van der Waals surface area contributed by atoms with Crippen LogP contribution in [0.25, 0.3) is 22.2 Å². The lowest BCUT2D eigenvalue weighted by Gasteiger charge is -2.06. The lowest BCUT2D eigenvalue weighted by molar-refractivity contribution is -0.113. The van der Waals surface area contributed by atoms with Crippen LogP contribution >= 0.6 is 11.8 Å². The second-order valence-electron chi connectivity index (χ2n) is 6.07. The Morgan fingerprint density at radius 2 is 1.79 bits per heavy atom. The Labute approximate surface area is 167 Å². The quantitative estimate of drug-likeness (QED) is 0.364. The Hall–Kier alpha value is -3.33. The van der Waals surface area contributed by atoms with Crippen molar-refractivity contribution in [2.75, 3.05) is 11.1 Å². The van der Waals surface area contributed by atoms with E-state index in [0.29, 0.717) is 16.1 Å². The van der Waals surface area contributed by atoms with Crippen molar-refractivity contribution in [2.24, 2.45) is 0 Å². The van der Waals surface area contributed by atoms with Gasteiger partial charge in [0.2, 0.25) is 5.91 Å². The molecule has 0 saturated carbocycles. The molecular formula is C20H13F3N4OS. The first-order valence-electron chi connectivity index (χ1n) is 8.47. The summed E-state index contributed by atoms with van der Waals surface area (Å²) in [5.74, 6) is -2.27. The van der Waals surface area contributed by atoms with Gasteiger partial charge in [0.1, 0.15) is 34.3 Å². The highest BCUT2D eigenvalue weighted by Crippen LogP contribution is 2.31. The molecule has 4 rings (SSSR count). The molecule has 9 heteroatoms. The fourth-order valence-corrected chi connectivity index (χ4v) is 3.55. The highest BCUT2D eigenvalue weighted by atomic mass is 32.2. The van der Waals surface area contributed by atoms with E-state index in [0.717, 1.165) is 41.1 Å². The largest absolute Gasteiger partial charge is 0.357 e. The van der Waals surface area contributed by atoms with Gasteiger partial charge in [-0.15, -0.1) is 0 Å². The molecule has 0 unspecified atom stereocenters. The standard InChI is InChI=1S/C20H13F3N4OS/c21-12-3-1-11(2-4-12)14-8-24-19-18(14)25-10-26-20(19)29-9-17(28)27-16-7-13(22)5-6-15(16)23/h1-8,10,24H,9H2,(H,27,28). The predicted molar refractivity (Wildman–Crippen MR) is 105 cm³/mol. The van der Waals surface area contributed by atoms with Crippen LogP contribution in [0, 0.1) is 17.5 Å². The highest BCUT2D eigenvalue weighted by molar-refractivity contribution is 8.00. The number of benzene rings is 2. The number of nitrogens with zero attached hydrogens (tertiary/aromatic N) is 2. The van der Waals surface area contributed by atoms with E-state index in [9.17, 15) is 18.0 Å². The van der Waals surface area contributed by atoms with Crippen LogP contribution < -0.4 is 5.32 Å². The molecule has 29 heavy (non-hydrogen) atoms. The molecule has 0 radical (unpaired) electrons. The molecule has 2 aromatic carbocycles. The SMILES string of the molecule is O=C(CSc1ncnc2c(-c3ccc(F)cc3)c[nH]c12)Nc1cc(F)ccc1F. The van der Waals surface area contributed by atoms with Crippen LogP contribution in [0.4, 0.5) is 18.9 Å². The van der Waals surface area contributed by atoms with Gasteiger partial charge in [-0.25, -0.2) is 23.1 Å². The summed E-state index contributed by atoms with van der Waals surface area (Å²) in [4.78, 5) is 23.7. The Morgan fingerprint density at radius 1 is 1.03 bits per heavy atom. The molecule has 2 aromatic heterocycles. The average Bonchev–Trinajstić information content (AvgIpc) is 3.14. The number of fused-ring (bicyclic) bond motifs is 1. The van der Waals surface area contributed by atoms with E-state index in [1.54, 1.807) is 18.3 Å². The van der Waals surface area contributed by atoms with Crippen LogP contribution in [0.3, 0.4) is 0 Å². The maximum atomic E-state index is 13.7. The van der Waals surface area contributed by atoms with Crippen LogP contribution in [0.5, 0.6) is 0 Å². The molecule has 4 aromatic rings. The van der Waals surface area contributed by atoms with Gasteiger partial charge in [0.25, 0.3) is 0 Å². The van der Waals surface area contributed by atoms with Crippen molar-refractivity contribution in [2.45, 2.75) is 5.03 Å². The summed E-state index contributed by atoms with van der Waals surface area (Å²) in [5.41, 5.74) is 2.59. The van der Waals surface area contributed by atoms with Crippen molar-refractivity contribution in [1.82, 2.24) is 15.0 Å². The summed E-state index contributed by atoms with van der Waals surface area (Å²) < 4.78 is 40.0. The van der Waals surface area contributed by atoms with Gasteiger partial charge >= 0.3 is 0 Å². The van der Waals surface area contributed by atoms with Gasteiger partial charge in [-0.05, 0) is 29.8 Å². The number of aromatic nitrogens is 3. The Morgan fingerprint density at radius 3 is 2.59 bits per heavy atom. The number of amides is 1. The van der Waals surface area contributed by atoms with Crippen molar-refractivity contribution in [3.8, 4) is 11.1 Å². The maximum absolute atomic E-state index is 13.7. The number of nitrogens with one attached hydrogen (secondary N) is 2. The second-order valence-corrected chi connectivity index (χ2v) is 7.04. The zero-order valence-electron chi connectivity index (χ0n) is 14.7. The first-order valence-corrected chi connectivity index (χ1v) is 9.45. The minimum absolute atomic E-state index is 0.0625. The summed E-state index contributed by atoms with van der Waals surface area (Å²) in [5, 5.41) is 2.87. The number of carbonyl (C=O) groups is 1. The minimum atomic E-state index is -0.720. The second kappa shape index (κ2) is 7.96. The average molecular weight is 414 g/mol. The Kier molecular flexibility index (Phi) is 5.22. The van der Waals surface area contributed by atoms with Gasteiger partial charge in [-0.3, -0.25) is 4.79 Å². The zero-order chi connectivity index (χ0) is 20.4. The van der Waals surface area contributed by atoms with E-state index in [1.165, 1.54) is 18.5 Å². The molecule has 0 spiro atoms. The molecule has 5 nitrogen and oxygen atoms in total. The smallest absolute Gasteiger partial charge is 0.234 e. The number of aromatic amines is 1. The predicted octanol–water partition coefficient (Wildman–Crippen LogP) is 4.77. The van der Waals surface area contributed by atoms with E-state index < -0.39 is 17.5 Å². The third-order valence-electron chi connectivity index (χ3n) is 4.13. The van der Waals surface area contributed by atoms with E-state index in [4.69, 9.17) is 0 Å². The molecule has 146 valence electrons.